The summed E-state index contributed by atoms with van der Waals surface area (Å²) in [6.45, 7) is 4.50. The van der Waals surface area contributed by atoms with Crippen molar-refractivity contribution >= 4 is 12.0 Å². The molecule has 0 aliphatic carbocycles. The van der Waals surface area contributed by atoms with Crippen molar-refractivity contribution < 1.29 is 4.79 Å². The van der Waals surface area contributed by atoms with Crippen molar-refractivity contribution in [1.82, 2.24) is 5.32 Å². The van der Waals surface area contributed by atoms with Crippen LogP contribution in [-0.4, -0.2) is 12.5 Å². The van der Waals surface area contributed by atoms with Gasteiger partial charge in [-0.05, 0) is 12.5 Å². The fourth-order valence-electron chi connectivity index (χ4n) is 1.25. The van der Waals surface area contributed by atoms with Gasteiger partial charge in [0, 0.05) is 13.0 Å². The highest BCUT2D eigenvalue weighted by Crippen LogP contribution is 2.04. The fraction of sp³-hybridized carbons (Fsp3) is 0.308. The van der Waals surface area contributed by atoms with Crippen molar-refractivity contribution in [2.75, 3.05) is 6.54 Å². The van der Waals surface area contributed by atoms with Gasteiger partial charge in [0.15, 0.2) is 0 Å². The Hall–Kier alpha value is -1.57. The van der Waals surface area contributed by atoms with E-state index in [1.54, 1.807) is 0 Å². The quantitative estimate of drug-likeness (QED) is 0.800. The third-order valence-corrected chi connectivity index (χ3v) is 2.10. The van der Waals surface area contributed by atoms with E-state index in [-0.39, 0.29) is 5.91 Å². The molecule has 0 heterocycles. The number of benzene rings is 1. The Morgan fingerprint density at radius 2 is 2.00 bits per heavy atom. The third kappa shape index (κ3) is 4.45. The Balaban J connectivity index is 2.50. The number of carbonyl (C=O) groups is 1. The lowest BCUT2D eigenvalue weighted by atomic mass is 10.1. The van der Waals surface area contributed by atoms with Gasteiger partial charge in [0.05, 0.1) is 0 Å². The van der Waals surface area contributed by atoms with Crippen LogP contribution >= 0.6 is 0 Å². The molecular formula is C13H17NO. The summed E-state index contributed by atoms with van der Waals surface area (Å²) < 4.78 is 0. The summed E-state index contributed by atoms with van der Waals surface area (Å²) in [4.78, 5) is 11.0. The summed E-state index contributed by atoms with van der Waals surface area (Å²) in [5.74, 6) is 0.0933. The molecule has 2 heteroatoms. The number of rotatable bonds is 4. The predicted molar refractivity (Wildman–Crippen MR) is 63.4 cm³/mol. The van der Waals surface area contributed by atoms with Crippen molar-refractivity contribution in [1.29, 1.82) is 0 Å². The Morgan fingerprint density at radius 3 is 2.60 bits per heavy atom. The molecule has 0 bridgehead atoms. The van der Waals surface area contributed by atoms with E-state index in [1.165, 1.54) is 5.56 Å². The van der Waals surface area contributed by atoms with Crippen molar-refractivity contribution in [2.45, 2.75) is 20.3 Å². The standard InChI is InChI=1S/C13H17NO/c1-3-13(15)14-10-11(2)9-12-7-5-4-6-8-12/h4-9H,3,10H2,1-2H3,(H,14,15). The fourth-order valence-corrected chi connectivity index (χ4v) is 1.25. The number of carbonyl (C=O) groups excluding carboxylic acids is 1. The molecule has 0 spiro atoms. The van der Waals surface area contributed by atoms with Gasteiger partial charge in [-0.2, -0.15) is 0 Å². The van der Waals surface area contributed by atoms with Crippen molar-refractivity contribution in [2.24, 2.45) is 0 Å². The van der Waals surface area contributed by atoms with Gasteiger partial charge in [-0.3, -0.25) is 4.79 Å². The maximum Gasteiger partial charge on any atom is 0.219 e. The zero-order valence-corrected chi connectivity index (χ0v) is 9.29. The molecule has 80 valence electrons. The van der Waals surface area contributed by atoms with E-state index in [2.05, 4.69) is 11.4 Å². The maximum atomic E-state index is 11.0. The second-order valence-corrected chi connectivity index (χ2v) is 3.53. The van der Waals surface area contributed by atoms with Gasteiger partial charge in [-0.25, -0.2) is 0 Å². The summed E-state index contributed by atoms with van der Waals surface area (Å²) in [7, 11) is 0. The van der Waals surface area contributed by atoms with E-state index >= 15 is 0 Å². The molecule has 2 nitrogen and oxygen atoms in total. The smallest absolute Gasteiger partial charge is 0.219 e. The number of hydrogen-bond donors (Lipinski definition) is 1. The SMILES string of the molecule is CCC(=O)NCC(C)=Cc1ccccc1. The minimum Gasteiger partial charge on any atom is -0.352 e. The Kier molecular flexibility index (Phi) is 4.61. The van der Waals surface area contributed by atoms with E-state index in [1.807, 2.05) is 44.2 Å². The average Bonchev–Trinajstić information content (AvgIpc) is 2.27. The highest BCUT2D eigenvalue weighted by molar-refractivity contribution is 5.76. The molecular weight excluding hydrogens is 186 g/mol. The molecule has 0 aromatic heterocycles. The van der Waals surface area contributed by atoms with Crippen LogP contribution in [0.1, 0.15) is 25.8 Å². The van der Waals surface area contributed by atoms with Crippen LogP contribution in [0.15, 0.2) is 35.9 Å². The molecule has 1 N–H and O–H groups in total. The summed E-state index contributed by atoms with van der Waals surface area (Å²) in [6.07, 6.45) is 2.62. The number of hydrogen-bond acceptors (Lipinski definition) is 1. The average molecular weight is 203 g/mol. The zero-order valence-electron chi connectivity index (χ0n) is 9.29. The summed E-state index contributed by atoms with van der Waals surface area (Å²) in [5, 5.41) is 2.85. The minimum atomic E-state index is 0.0933. The van der Waals surface area contributed by atoms with Crippen molar-refractivity contribution in [3.05, 3.63) is 41.5 Å². The number of amides is 1. The number of nitrogens with one attached hydrogen (secondary N) is 1. The first-order valence-corrected chi connectivity index (χ1v) is 5.21. The van der Waals surface area contributed by atoms with Gasteiger partial charge < -0.3 is 5.32 Å². The third-order valence-electron chi connectivity index (χ3n) is 2.10. The van der Waals surface area contributed by atoms with E-state index < -0.39 is 0 Å². The van der Waals surface area contributed by atoms with Crippen LogP contribution in [-0.2, 0) is 4.79 Å². The van der Waals surface area contributed by atoms with E-state index in [4.69, 9.17) is 0 Å². The molecule has 0 fully saturated rings. The van der Waals surface area contributed by atoms with Gasteiger partial charge in [-0.1, -0.05) is 48.9 Å². The largest absolute Gasteiger partial charge is 0.352 e. The monoisotopic (exact) mass is 203 g/mol. The second kappa shape index (κ2) is 6.02. The Bertz CT molecular complexity index is 341. The molecule has 1 amide bonds. The van der Waals surface area contributed by atoms with Crippen molar-refractivity contribution in [3.63, 3.8) is 0 Å². The molecule has 0 radical (unpaired) electrons. The highest BCUT2D eigenvalue weighted by atomic mass is 16.1. The molecule has 0 aliphatic heterocycles. The lowest BCUT2D eigenvalue weighted by Gasteiger charge is -2.03. The summed E-state index contributed by atoms with van der Waals surface area (Å²) in [5.41, 5.74) is 2.32. The first-order chi connectivity index (χ1) is 7.22. The Morgan fingerprint density at radius 1 is 1.33 bits per heavy atom. The van der Waals surface area contributed by atoms with Crippen LogP contribution in [0.25, 0.3) is 6.08 Å². The first kappa shape index (κ1) is 11.5. The lowest BCUT2D eigenvalue weighted by Crippen LogP contribution is -2.23. The van der Waals surface area contributed by atoms with Gasteiger partial charge in [0.2, 0.25) is 5.91 Å². The summed E-state index contributed by atoms with van der Waals surface area (Å²) in [6, 6.07) is 10.1. The second-order valence-electron chi connectivity index (χ2n) is 3.53. The van der Waals surface area contributed by atoms with Gasteiger partial charge in [0.25, 0.3) is 0 Å². The van der Waals surface area contributed by atoms with Crippen LogP contribution in [0.3, 0.4) is 0 Å². The Labute approximate surface area is 91.0 Å². The molecule has 0 atom stereocenters. The van der Waals surface area contributed by atoms with Gasteiger partial charge in [0.1, 0.15) is 0 Å². The van der Waals surface area contributed by atoms with E-state index in [0.29, 0.717) is 13.0 Å². The van der Waals surface area contributed by atoms with Crippen LogP contribution < -0.4 is 5.32 Å². The molecule has 15 heavy (non-hydrogen) atoms. The molecule has 1 aromatic carbocycles. The molecule has 1 rings (SSSR count). The van der Waals surface area contributed by atoms with Crippen LogP contribution in [0.4, 0.5) is 0 Å². The van der Waals surface area contributed by atoms with E-state index in [0.717, 1.165) is 5.57 Å². The summed E-state index contributed by atoms with van der Waals surface area (Å²) >= 11 is 0. The van der Waals surface area contributed by atoms with E-state index in [9.17, 15) is 4.79 Å². The molecule has 1 aromatic rings. The lowest BCUT2D eigenvalue weighted by molar-refractivity contribution is -0.120. The minimum absolute atomic E-state index is 0.0933. The van der Waals surface area contributed by atoms with Crippen LogP contribution in [0, 0.1) is 0 Å². The zero-order chi connectivity index (χ0) is 11.1. The molecule has 0 unspecified atom stereocenters. The maximum absolute atomic E-state index is 11.0. The molecule has 0 aliphatic rings. The molecule has 0 saturated heterocycles. The van der Waals surface area contributed by atoms with Crippen LogP contribution in [0.5, 0.6) is 0 Å². The predicted octanol–water partition coefficient (Wildman–Crippen LogP) is 2.62. The van der Waals surface area contributed by atoms with Crippen LogP contribution in [0.2, 0.25) is 0 Å². The normalized spacial score (nSPS) is 11.2. The van der Waals surface area contributed by atoms with Gasteiger partial charge in [-0.15, -0.1) is 0 Å². The first-order valence-electron chi connectivity index (χ1n) is 5.21. The van der Waals surface area contributed by atoms with Crippen molar-refractivity contribution in [3.8, 4) is 0 Å². The molecule has 0 saturated carbocycles. The van der Waals surface area contributed by atoms with Gasteiger partial charge >= 0.3 is 0 Å². The topological polar surface area (TPSA) is 29.1 Å². The highest BCUT2D eigenvalue weighted by Gasteiger charge is 1.96.